The summed E-state index contributed by atoms with van der Waals surface area (Å²) in [5.41, 5.74) is 0.893. The van der Waals surface area contributed by atoms with Crippen molar-refractivity contribution in [1.29, 1.82) is 0 Å². The number of nitrogens with one attached hydrogen (secondary N) is 1. The summed E-state index contributed by atoms with van der Waals surface area (Å²) in [6.45, 7) is 4.17. The first-order valence-electron chi connectivity index (χ1n) is 6.76. The van der Waals surface area contributed by atoms with E-state index in [0.29, 0.717) is 17.2 Å². The minimum atomic E-state index is -0.0733. The molecule has 0 saturated carbocycles. The number of thiophene rings is 1. The van der Waals surface area contributed by atoms with Crippen LogP contribution in [0.2, 0.25) is 0 Å². The maximum Gasteiger partial charge on any atom is 0.263 e. The van der Waals surface area contributed by atoms with Gasteiger partial charge in [-0.15, -0.1) is 11.3 Å². The summed E-state index contributed by atoms with van der Waals surface area (Å²) in [4.78, 5) is 13.1. The van der Waals surface area contributed by atoms with Crippen molar-refractivity contribution in [2.45, 2.75) is 26.3 Å². The van der Waals surface area contributed by atoms with Crippen LogP contribution in [0.5, 0.6) is 0 Å². The number of hydrogen-bond acceptors (Lipinski definition) is 3. The first-order chi connectivity index (χ1) is 9.63. The van der Waals surface area contributed by atoms with Crippen molar-refractivity contribution in [3.05, 3.63) is 40.8 Å². The van der Waals surface area contributed by atoms with Crippen molar-refractivity contribution in [2.24, 2.45) is 5.92 Å². The molecule has 2 N–H and O–H groups in total. The number of aliphatic hydroxyl groups is 1. The SMILES string of the molecule is CC(C)C(CCO)NC(=O)c1sccc1-n1cccc1. The molecule has 2 heterocycles. The molecule has 0 aromatic carbocycles. The molecular formula is C15H20N2O2S. The lowest BCUT2D eigenvalue weighted by molar-refractivity contribution is 0.0921. The third kappa shape index (κ3) is 3.29. The van der Waals surface area contributed by atoms with Gasteiger partial charge in [0, 0.05) is 25.0 Å². The number of nitrogens with zero attached hydrogens (tertiary/aromatic N) is 1. The van der Waals surface area contributed by atoms with Gasteiger partial charge >= 0.3 is 0 Å². The van der Waals surface area contributed by atoms with Gasteiger partial charge < -0.3 is 15.0 Å². The minimum absolute atomic E-state index is 0.00730. The van der Waals surface area contributed by atoms with Gasteiger partial charge in [-0.2, -0.15) is 0 Å². The zero-order valence-corrected chi connectivity index (χ0v) is 12.6. The summed E-state index contributed by atoms with van der Waals surface area (Å²) in [6, 6.07) is 5.80. The number of carbonyl (C=O) groups is 1. The molecule has 0 bridgehead atoms. The average Bonchev–Trinajstić information content (AvgIpc) is 3.08. The molecule has 0 aliphatic carbocycles. The molecule has 0 aliphatic rings. The fourth-order valence-electron chi connectivity index (χ4n) is 2.12. The van der Waals surface area contributed by atoms with Crippen molar-refractivity contribution in [1.82, 2.24) is 9.88 Å². The maximum atomic E-state index is 12.4. The highest BCUT2D eigenvalue weighted by molar-refractivity contribution is 7.12. The smallest absolute Gasteiger partial charge is 0.263 e. The summed E-state index contributed by atoms with van der Waals surface area (Å²) in [7, 11) is 0. The Labute approximate surface area is 123 Å². The third-order valence-electron chi connectivity index (χ3n) is 3.29. The molecule has 4 nitrogen and oxygen atoms in total. The van der Waals surface area contributed by atoms with Gasteiger partial charge in [0.25, 0.3) is 5.91 Å². The number of carbonyl (C=O) groups excluding carboxylic acids is 1. The second kappa shape index (κ2) is 6.72. The largest absolute Gasteiger partial charge is 0.396 e. The Bertz CT molecular complexity index is 546. The molecule has 1 amide bonds. The number of amides is 1. The summed E-state index contributed by atoms with van der Waals surface area (Å²) >= 11 is 1.43. The molecule has 0 radical (unpaired) electrons. The minimum Gasteiger partial charge on any atom is -0.396 e. The predicted octanol–water partition coefficient (Wildman–Crippen LogP) is 2.68. The molecule has 2 aromatic rings. The molecule has 2 aromatic heterocycles. The molecule has 2 rings (SSSR count). The quantitative estimate of drug-likeness (QED) is 0.860. The van der Waals surface area contributed by atoms with Crippen molar-refractivity contribution in [3.8, 4) is 5.69 Å². The Morgan fingerprint density at radius 2 is 2.10 bits per heavy atom. The van der Waals surface area contributed by atoms with E-state index in [4.69, 9.17) is 5.11 Å². The maximum absolute atomic E-state index is 12.4. The Kier molecular flexibility index (Phi) is 4.98. The van der Waals surface area contributed by atoms with E-state index in [2.05, 4.69) is 5.32 Å². The highest BCUT2D eigenvalue weighted by Crippen LogP contribution is 2.22. The Balaban J connectivity index is 2.16. The van der Waals surface area contributed by atoms with Crippen LogP contribution in [-0.4, -0.2) is 28.2 Å². The van der Waals surface area contributed by atoms with E-state index < -0.39 is 0 Å². The van der Waals surface area contributed by atoms with Gasteiger partial charge in [-0.1, -0.05) is 13.8 Å². The van der Waals surface area contributed by atoms with E-state index in [1.807, 2.05) is 54.4 Å². The van der Waals surface area contributed by atoms with E-state index >= 15 is 0 Å². The zero-order valence-electron chi connectivity index (χ0n) is 11.7. The fourth-order valence-corrected chi connectivity index (χ4v) is 2.91. The van der Waals surface area contributed by atoms with Crippen LogP contribution < -0.4 is 5.32 Å². The van der Waals surface area contributed by atoms with E-state index in [-0.39, 0.29) is 18.6 Å². The van der Waals surface area contributed by atoms with E-state index in [1.54, 1.807) is 0 Å². The third-order valence-corrected chi connectivity index (χ3v) is 4.20. The molecule has 0 saturated heterocycles. The zero-order chi connectivity index (χ0) is 14.5. The number of rotatable bonds is 6. The Morgan fingerprint density at radius 3 is 2.70 bits per heavy atom. The van der Waals surface area contributed by atoms with Crippen LogP contribution in [-0.2, 0) is 0 Å². The van der Waals surface area contributed by atoms with Crippen LogP contribution in [0.4, 0.5) is 0 Å². The van der Waals surface area contributed by atoms with Crippen molar-refractivity contribution < 1.29 is 9.90 Å². The fraction of sp³-hybridized carbons (Fsp3) is 0.400. The standard InChI is InChI=1S/C15H20N2O2S/c1-11(2)12(5-9-18)16-15(19)14-13(6-10-20-14)17-7-3-4-8-17/h3-4,6-8,10-12,18H,5,9H2,1-2H3,(H,16,19). The molecule has 0 fully saturated rings. The molecule has 20 heavy (non-hydrogen) atoms. The summed E-state index contributed by atoms with van der Waals surface area (Å²) in [5, 5.41) is 14.0. The lowest BCUT2D eigenvalue weighted by atomic mass is 10.0. The molecule has 0 aliphatic heterocycles. The van der Waals surface area contributed by atoms with Crippen molar-refractivity contribution in [3.63, 3.8) is 0 Å². The van der Waals surface area contributed by atoms with Crippen molar-refractivity contribution in [2.75, 3.05) is 6.61 Å². The second-order valence-electron chi connectivity index (χ2n) is 5.06. The highest BCUT2D eigenvalue weighted by atomic mass is 32.1. The van der Waals surface area contributed by atoms with E-state index in [0.717, 1.165) is 5.69 Å². The monoisotopic (exact) mass is 292 g/mol. The van der Waals surface area contributed by atoms with Gasteiger partial charge in [0.05, 0.1) is 5.69 Å². The molecule has 1 unspecified atom stereocenters. The Morgan fingerprint density at radius 1 is 1.40 bits per heavy atom. The van der Waals surface area contributed by atoms with E-state index in [9.17, 15) is 4.79 Å². The molecule has 5 heteroatoms. The van der Waals surface area contributed by atoms with Crippen LogP contribution in [0.15, 0.2) is 36.0 Å². The normalized spacial score (nSPS) is 12.6. The van der Waals surface area contributed by atoms with Crippen LogP contribution in [0, 0.1) is 5.92 Å². The lowest BCUT2D eigenvalue weighted by Crippen LogP contribution is -2.39. The summed E-state index contributed by atoms with van der Waals surface area (Å²) < 4.78 is 1.93. The van der Waals surface area contributed by atoms with Crippen molar-refractivity contribution >= 4 is 17.2 Å². The highest BCUT2D eigenvalue weighted by Gasteiger charge is 2.20. The number of hydrogen-bond donors (Lipinski definition) is 2. The van der Waals surface area contributed by atoms with Gasteiger partial charge in [0.2, 0.25) is 0 Å². The molecule has 0 spiro atoms. The predicted molar refractivity (Wildman–Crippen MR) is 81.4 cm³/mol. The van der Waals surface area contributed by atoms with Crippen LogP contribution in [0.3, 0.4) is 0 Å². The van der Waals surface area contributed by atoms with Gasteiger partial charge in [-0.3, -0.25) is 4.79 Å². The lowest BCUT2D eigenvalue weighted by Gasteiger charge is -2.21. The summed E-state index contributed by atoms with van der Waals surface area (Å²) in [5.74, 6) is 0.219. The molecule has 108 valence electrons. The first kappa shape index (κ1) is 14.8. The Hall–Kier alpha value is -1.59. The van der Waals surface area contributed by atoms with Gasteiger partial charge in [0.15, 0.2) is 0 Å². The summed E-state index contributed by atoms with van der Waals surface area (Å²) in [6.07, 6.45) is 4.42. The van der Waals surface area contributed by atoms with Gasteiger partial charge in [0.1, 0.15) is 4.88 Å². The topological polar surface area (TPSA) is 54.3 Å². The van der Waals surface area contributed by atoms with Gasteiger partial charge in [-0.05, 0) is 35.9 Å². The van der Waals surface area contributed by atoms with Crippen LogP contribution in [0.1, 0.15) is 29.9 Å². The molecule has 1 atom stereocenters. The van der Waals surface area contributed by atoms with E-state index in [1.165, 1.54) is 11.3 Å². The number of aromatic nitrogens is 1. The van der Waals surface area contributed by atoms with Crippen LogP contribution in [0.25, 0.3) is 5.69 Å². The molecular weight excluding hydrogens is 272 g/mol. The van der Waals surface area contributed by atoms with Crippen LogP contribution >= 0.6 is 11.3 Å². The number of aliphatic hydroxyl groups excluding tert-OH is 1. The van der Waals surface area contributed by atoms with Gasteiger partial charge in [-0.25, -0.2) is 0 Å². The first-order valence-corrected chi connectivity index (χ1v) is 7.64. The average molecular weight is 292 g/mol. The second-order valence-corrected chi connectivity index (χ2v) is 5.98.